The van der Waals surface area contributed by atoms with Crippen LogP contribution in [0.3, 0.4) is 0 Å². The van der Waals surface area contributed by atoms with Crippen LogP contribution in [0.5, 0.6) is 0 Å². The molecular weight excluding hydrogens is 304 g/mol. The van der Waals surface area contributed by atoms with Crippen LogP contribution in [0.2, 0.25) is 0 Å². The molecule has 0 radical (unpaired) electrons. The Morgan fingerprint density at radius 2 is 2.04 bits per heavy atom. The van der Waals surface area contributed by atoms with E-state index in [1.807, 2.05) is 36.6 Å². The average molecular weight is 322 g/mol. The smallest absolute Gasteiger partial charge is 0.186 e. The molecule has 0 aliphatic heterocycles. The lowest BCUT2D eigenvalue weighted by Crippen LogP contribution is -2.12. The predicted octanol–water partition coefficient (Wildman–Crippen LogP) is 4.76. The Hall–Kier alpha value is -2.77. The molecule has 0 fully saturated rings. The number of allylic oxidation sites excluding steroid dienone is 9. The molecule has 4 heteroatoms. The third-order valence-electron chi connectivity index (χ3n) is 2.90. The minimum Gasteiger partial charge on any atom is -0.292 e. The normalized spacial score (nSPS) is 13.4. The van der Waals surface area contributed by atoms with Gasteiger partial charge in [-0.15, -0.1) is 11.3 Å². The summed E-state index contributed by atoms with van der Waals surface area (Å²) in [4.78, 5) is 16.9. The van der Waals surface area contributed by atoms with Gasteiger partial charge in [-0.3, -0.25) is 4.79 Å². The Bertz CT molecular complexity index is 742. The van der Waals surface area contributed by atoms with Gasteiger partial charge in [0.25, 0.3) is 0 Å². The van der Waals surface area contributed by atoms with Gasteiger partial charge < -0.3 is 0 Å². The van der Waals surface area contributed by atoms with Crippen LogP contribution in [-0.2, 0) is 4.79 Å². The third kappa shape index (κ3) is 4.60. The summed E-state index contributed by atoms with van der Waals surface area (Å²) in [6, 6.07) is 2.03. The van der Waals surface area contributed by atoms with Gasteiger partial charge >= 0.3 is 0 Å². The molecule has 23 heavy (non-hydrogen) atoms. The topological polar surface area (TPSA) is 53.8 Å². The summed E-state index contributed by atoms with van der Waals surface area (Å²) in [6.07, 6.45) is 11.7. The van der Waals surface area contributed by atoms with E-state index >= 15 is 0 Å². The molecule has 1 aromatic heterocycles. The van der Waals surface area contributed by atoms with E-state index in [1.165, 1.54) is 29.6 Å². The van der Waals surface area contributed by atoms with Gasteiger partial charge in [-0.25, -0.2) is 4.98 Å². The first-order chi connectivity index (χ1) is 11.1. The molecule has 1 rings (SSSR count). The maximum Gasteiger partial charge on any atom is 0.186 e. The van der Waals surface area contributed by atoms with Gasteiger partial charge in [-0.2, -0.15) is 5.26 Å². The second-order valence-corrected chi connectivity index (χ2v) is 5.31. The Morgan fingerprint density at radius 1 is 1.35 bits per heavy atom. The van der Waals surface area contributed by atoms with E-state index in [0.29, 0.717) is 16.3 Å². The lowest BCUT2D eigenvalue weighted by Gasteiger charge is -2.05. The molecule has 0 N–H and O–H groups in total. The van der Waals surface area contributed by atoms with Crippen LogP contribution >= 0.6 is 11.3 Å². The number of carbonyl (C=O) groups excluding carboxylic acids is 1. The fraction of sp³-hybridized carbons (Fsp3) is 0.105. The monoisotopic (exact) mass is 322 g/mol. The summed E-state index contributed by atoms with van der Waals surface area (Å²) in [7, 11) is 0. The van der Waals surface area contributed by atoms with Crippen LogP contribution in [0, 0.1) is 11.3 Å². The van der Waals surface area contributed by atoms with E-state index in [4.69, 9.17) is 0 Å². The number of ketones is 1. The van der Waals surface area contributed by atoms with Crippen LogP contribution in [-0.4, -0.2) is 10.8 Å². The summed E-state index contributed by atoms with van der Waals surface area (Å²) in [5, 5.41) is 11.7. The van der Waals surface area contributed by atoms with Crippen molar-refractivity contribution in [2.75, 3.05) is 0 Å². The second kappa shape index (κ2) is 9.29. The zero-order valence-electron chi connectivity index (χ0n) is 13.0. The van der Waals surface area contributed by atoms with E-state index in [2.05, 4.69) is 24.7 Å². The zero-order valence-corrected chi connectivity index (χ0v) is 13.8. The molecule has 0 bridgehead atoms. The first kappa shape index (κ1) is 18.3. The van der Waals surface area contributed by atoms with Crippen molar-refractivity contribution in [2.45, 2.75) is 12.8 Å². The Kier molecular flexibility index (Phi) is 7.38. The minimum absolute atomic E-state index is 0.330. The summed E-state index contributed by atoms with van der Waals surface area (Å²) in [6.45, 7) is 12.7. The Labute approximate surface area is 141 Å². The van der Waals surface area contributed by atoms with E-state index in [0.717, 1.165) is 5.57 Å². The molecule has 0 amide bonds. The van der Waals surface area contributed by atoms with Crippen molar-refractivity contribution in [3.05, 3.63) is 83.9 Å². The maximum absolute atomic E-state index is 12.4. The van der Waals surface area contributed by atoms with Gasteiger partial charge in [0.05, 0.1) is 11.8 Å². The number of hydrogen-bond acceptors (Lipinski definition) is 4. The van der Waals surface area contributed by atoms with Gasteiger partial charge in [0.1, 0.15) is 5.01 Å². The lowest BCUT2D eigenvalue weighted by atomic mass is 9.99. The molecule has 0 aliphatic carbocycles. The van der Waals surface area contributed by atoms with Crippen LogP contribution in [0.1, 0.15) is 23.5 Å². The number of thiazole rings is 1. The Morgan fingerprint density at radius 3 is 2.57 bits per heavy atom. The quantitative estimate of drug-likeness (QED) is 0.512. The highest BCUT2D eigenvalue weighted by atomic mass is 32.1. The molecule has 1 aromatic rings. The van der Waals surface area contributed by atoms with Crippen molar-refractivity contribution in [1.29, 1.82) is 5.26 Å². The van der Waals surface area contributed by atoms with Crippen molar-refractivity contribution in [2.24, 2.45) is 0 Å². The van der Waals surface area contributed by atoms with Crippen molar-refractivity contribution in [3.63, 3.8) is 0 Å². The van der Waals surface area contributed by atoms with Crippen molar-refractivity contribution < 1.29 is 4.79 Å². The number of carbonyl (C=O) groups is 1. The molecule has 0 aliphatic rings. The second-order valence-electron chi connectivity index (χ2n) is 4.42. The average Bonchev–Trinajstić information content (AvgIpc) is 3.02. The van der Waals surface area contributed by atoms with Gasteiger partial charge in [0.2, 0.25) is 0 Å². The standard InChI is InChI=1S/C19H18N2OS/c1-5-9-14(8-4)18(22)16(12-20)19-21-17(13-23-19)15(10-6-2)11-7-3/h5-11,13,16H,1-2,4H2,3H3/b11-7-,14-9+,15-10+. The maximum atomic E-state index is 12.4. The number of nitriles is 1. The molecular formula is C19H18N2OS. The number of aromatic nitrogens is 1. The number of hydrogen-bond donors (Lipinski definition) is 0. The fourth-order valence-electron chi connectivity index (χ4n) is 1.86. The van der Waals surface area contributed by atoms with Crippen LogP contribution < -0.4 is 0 Å². The summed E-state index contributed by atoms with van der Waals surface area (Å²) >= 11 is 1.29. The van der Waals surface area contributed by atoms with E-state index in [9.17, 15) is 10.1 Å². The van der Waals surface area contributed by atoms with Crippen molar-refractivity contribution >= 4 is 22.7 Å². The number of nitrogens with zero attached hydrogens (tertiary/aromatic N) is 2. The summed E-state index contributed by atoms with van der Waals surface area (Å²) in [5.41, 5.74) is 1.93. The van der Waals surface area contributed by atoms with Gasteiger partial charge in [0, 0.05) is 16.5 Å². The third-order valence-corrected chi connectivity index (χ3v) is 3.81. The number of Topliss-reactive ketones (excluding diaryl/α,β-unsaturated/α-hetero) is 1. The predicted molar refractivity (Wildman–Crippen MR) is 96.9 cm³/mol. The molecule has 0 saturated heterocycles. The van der Waals surface area contributed by atoms with Crippen LogP contribution in [0.15, 0.2) is 73.2 Å². The molecule has 3 nitrogen and oxygen atoms in total. The van der Waals surface area contributed by atoms with E-state index in [1.54, 1.807) is 6.08 Å². The summed E-state index contributed by atoms with van der Waals surface area (Å²) in [5.74, 6) is -1.28. The highest BCUT2D eigenvalue weighted by molar-refractivity contribution is 7.10. The first-order valence-corrected chi connectivity index (χ1v) is 7.81. The molecule has 0 saturated carbocycles. The summed E-state index contributed by atoms with van der Waals surface area (Å²) < 4.78 is 0. The first-order valence-electron chi connectivity index (χ1n) is 6.93. The van der Waals surface area contributed by atoms with Crippen LogP contribution in [0.25, 0.3) is 5.57 Å². The molecule has 0 spiro atoms. The molecule has 1 heterocycles. The molecule has 1 atom stereocenters. The van der Waals surface area contributed by atoms with Crippen molar-refractivity contribution in [1.82, 2.24) is 4.98 Å². The lowest BCUT2D eigenvalue weighted by molar-refractivity contribution is -0.115. The molecule has 1 unspecified atom stereocenters. The number of rotatable bonds is 8. The van der Waals surface area contributed by atoms with Crippen LogP contribution in [0.4, 0.5) is 0 Å². The van der Waals surface area contributed by atoms with E-state index in [-0.39, 0.29) is 5.78 Å². The van der Waals surface area contributed by atoms with Crippen molar-refractivity contribution in [3.8, 4) is 6.07 Å². The fourth-order valence-corrected chi connectivity index (χ4v) is 2.72. The molecule has 0 aromatic carbocycles. The highest BCUT2D eigenvalue weighted by Crippen LogP contribution is 2.27. The minimum atomic E-state index is -0.950. The Balaban J connectivity index is 3.22. The van der Waals surface area contributed by atoms with Gasteiger partial charge in [0.15, 0.2) is 11.7 Å². The molecule has 116 valence electrons. The zero-order chi connectivity index (χ0) is 17.2. The van der Waals surface area contributed by atoms with Gasteiger partial charge in [-0.1, -0.05) is 62.3 Å². The van der Waals surface area contributed by atoms with Gasteiger partial charge in [-0.05, 0) is 6.92 Å². The SMILES string of the molecule is C=C/C=C(\C=C)C(=O)C(C#N)c1nc(C(/C=C\C)=C/C=C)cs1. The largest absolute Gasteiger partial charge is 0.292 e. The highest BCUT2D eigenvalue weighted by Gasteiger charge is 2.25. The van der Waals surface area contributed by atoms with E-state index < -0.39 is 5.92 Å².